The maximum absolute atomic E-state index is 12.3. The number of nitrogens with one attached hydrogen (secondary N) is 1. The summed E-state index contributed by atoms with van der Waals surface area (Å²) in [5.41, 5.74) is 5.89. The van der Waals surface area contributed by atoms with E-state index in [0.717, 1.165) is 16.8 Å². The van der Waals surface area contributed by atoms with Gasteiger partial charge in [0.15, 0.2) is 11.0 Å². The molecule has 0 bridgehead atoms. The first-order valence-electron chi connectivity index (χ1n) is 10.4. The summed E-state index contributed by atoms with van der Waals surface area (Å²) in [6.45, 7) is 2.01. The average Bonchev–Trinajstić information content (AvgIpc) is 3.28. The lowest BCUT2D eigenvalue weighted by Crippen LogP contribution is -2.20. The molecule has 1 amide bonds. The lowest BCUT2D eigenvalue weighted by atomic mass is 10.1. The van der Waals surface area contributed by atoms with Gasteiger partial charge in [0.05, 0.1) is 16.9 Å². The molecule has 9 nitrogen and oxygen atoms in total. The Labute approximate surface area is 210 Å². The molecule has 0 unspecified atom stereocenters. The smallest absolute Gasteiger partial charge is 0.269 e. The molecule has 11 heteroatoms. The Hall–Kier alpha value is -4.02. The number of halogens is 1. The highest BCUT2D eigenvalue weighted by Crippen LogP contribution is 2.28. The zero-order valence-electron chi connectivity index (χ0n) is 18.5. The van der Waals surface area contributed by atoms with Gasteiger partial charge in [0, 0.05) is 28.4 Å². The second-order valence-corrected chi connectivity index (χ2v) is 8.79. The summed E-state index contributed by atoms with van der Waals surface area (Å²) in [4.78, 5) is 22.6. The lowest BCUT2D eigenvalue weighted by molar-refractivity contribution is -0.384. The number of aryl methyl sites for hydroxylation is 1. The van der Waals surface area contributed by atoms with Gasteiger partial charge >= 0.3 is 0 Å². The van der Waals surface area contributed by atoms with Crippen LogP contribution in [0.2, 0.25) is 5.02 Å². The summed E-state index contributed by atoms with van der Waals surface area (Å²) in [5, 5.41) is 24.5. The Balaban J connectivity index is 1.47. The first-order chi connectivity index (χ1) is 16.9. The van der Waals surface area contributed by atoms with Gasteiger partial charge in [-0.15, -0.1) is 10.2 Å². The third-order valence-corrected chi connectivity index (χ3v) is 6.05. The number of nitrogens with zero attached hydrogens (tertiary/aromatic N) is 5. The second kappa shape index (κ2) is 10.9. The van der Waals surface area contributed by atoms with Gasteiger partial charge in [-0.25, -0.2) is 5.43 Å². The fourth-order valence-electron chi connectivity index (χ4n) is 3.10. The second-order valence-electron chi connectivity index (χ2n) is 7.41. The van der Waals surface area contributed by atoms with E-state index in [4.69, 9.17) is 11.6 Å². The van der Waals surface area contributed by atoms with Crippen LogP contribution in [0.15, 0.2) is 83.1 Å². The highest BCUT2D eigenvalue weighted by atomic mass is 35.5. The number of benzene rings is 3. The number of aromatic nitrogens is 3. The molecule has 176 valence electrons. The zero-order valence-corrected chi connectivity index (χ0v) is 20.0. The summed E-state index contributed by atoms with van der Waals surface area (Å²) < 4.78 is 1.87. The van der Waals surface area contributed by atoms with Crippen LogP contribution in [0.5, 0.6) is 0 Å². The maximum Gasteiger partial charge on any atom is 0.269 e. The quantitative estimate of drug-likeness (QED) is 0.155. The van der Waals surface area contributed by atoms with Gasteiger partial charge in [-0.3, -0.25) is 19.5 Å². The van der Waals surface area contributed by atoms with Gasteiger partial charge in [0.2, 0.25) is 0 Å². The molecular formula is C24H19ClN6O3S. The van der Waals surface area contributed by atoms with Crippen molar-refractivity contribution < 1.29 is 9.72 Å². The van der Waals surface area contributed by atoms with E-state index < -0.39 is 4.92 Å². The number of carbonyl (C=O) groups is 1. The molecule has 3 aromatic carbocycles. The van der Waals surface area contributed by atoms with Crippen LogP contribution in [-0.4, -0.2) is 37.6 Å². The summed E-state index contributed by atoms with van der Waals surface area (Å²) in [6, 6.07) is 21.1. The molecule has 0 aliphatic heterocycles. The molecule has 0 aliphatic rings. The normalized spacial score (nSPS) is 11.0. The summed E-state index contributed by atoms with van der Waals surface area (Å²) in [6.07, 6.45) is 1.41. The van der Waals surface area contributed by atoms with Gasteiger partial charge in [-0.05, 0) is 48.9 Å². The van der Waals surface area contributed by atoms with Crippen LogP contribution in [0.4, 0.5) is 5.69 Å². The minimum absolute atomic E-state index is 0.0163. The number of carbonyl (C=O) groups excluding carboxylic acids is 1. The Morgan fingerprint density at radius 3 is 2.43 bits per heavy atom. The monoisotopic (exact) mass is 506 g/mol. The predicted octanol–water partition coefficient (Wildman–Crippen LogP) is 5.05. The number of nitro groups is 1. The van der Waals surface area contributed by atoms with E-state index in [2.05, 4.69) is 20.7 Å². The van der Waals surface area contributed by atoms with Crippen molar-refractivity contribution in [2.24, 2.45) is 5.10 Å². The van der Waals surface area contributed by atoms with E-state index in [1.54, 1.807) is 24.3 Å². The molecule has 0 saturated carbocycles. The molecule has 0 radical (unpaired) electrons. The third-order valence-electron chi connectivity index (χ3n) is 4.87. The van der Waals surface area contributed by atoms with Crippen molar-refractivity contribution in [3.8, 4) is 17.1 Å². The van der Waals surface area contributed by atoms with E-state index in [1.165, 1.54) is 30.1 Å². The van der Waals surface area contributed by atoms with E-state index in [-0.39, 0.29) is 17.3 Å². The number of non-ortho nitro benzene ring substituents is 1. The molecule has 1 aromatic heterocycles. The maximum atomic E-state index is 12.3. The summed E-state index contributed by atoms with van der Waals surface area (Å²) in [5.74, 6) is 0.360. The first kappa shape index (κ1) is 24.1. The predicted molar refractivity (Wildman–Crippen MR) is 136 cm³/mol. The van der Waals surface area contributed by atoms with Crippen LogP contribution >= 0.6 is 23.4 Å². The van der Waals surface area contributed by atoms with Crippen molar-refractivity contribution in [2.45, 2.75) is 12.1 Å². The van der Waals surface area contributed by atoms with Crippen molar-refractivity contribution in [3.63, 3.8) is 0 Å². The Morgan fingerprint density at radius 1 is 1.09 bits per heavy atom. The number of hydrogen-bond donors (Lipinski definition) is 1. The van der Waals surface area contributed by atoms with E-state index in [9.17, 15) is 14.9 Å². The number of thioether (sulfide) groups is 1. The standard InChI is InChI=1S/C24H19ClN6O3S/c1-16-2-6-18(7-3-16)23-28-29-24(30(23)20-12-8-19(25)9-13-20)35-15-22(32)27-26-14-17-4-10-21(11-5-17)31(33)34/h2-14H,15H2,1H3,(H,27,32)/b26-14+. The molecule has 35 heavy (non-hydrogen) atoms. The van der Waals surface area contributed by atoms with Crippen LogP contribution in [0.25, 0.3) is 17.1 Å². The number of rotatable bonds is 8. The molecule has 4 rings (SSSR count). The van der Waals surface area contributed by atoms with Gasteiger partial charge in [0.25, 0.3) is 11.6 Å². The van der Waals surface area contributed by atoms with Gasteiger partial charge in [-0.1, -0.05) is 53.2 Å². The van der Waals surface area contributed by atoms with Crippen molar-refractivity contribution in [1.29, 1.82) is 0 Å². The Kier molecular flexibility index (Phi) is 7.54. The number of amides is 1. The van der Waals surface area contributed by atoms with Gasteiger partial charge in [0.1, 0.15) is 0 Å². The van der Waals surface area contributed by atoms with E-state index in [1.807, 2.05) is 47.9 Å². The SMILES string of the molecule is Cc1ccc(-c2nnc(SCC(=O)N/N=C/c3ccc([N+](=O)[O-])cc3)n2-c2ccc(Cl)cc2)cc1. The molecule has 0 saturated heterocycles. The number of nitro benzene ring substituents is 1. The van der Waals surface area contributed by atoms with Gasteiger partial charge in [-0.2, -0.15) is 5.10 Å². The number of hydrogen-bond acceptors (Lipinski definition) is 7. The van der Waals surface area contributed by atoms with Crippen molar-refractivity contribution in [3.05, 3.63) is 99.1 Å². The van der Waals surface area contributed by atoms with Crippen LogP contribution in [0.1, 0.15) is 11.1 Å². The van der Waals surface area contributed by atoms with E-state index in [0.29, 0.717) is 21.6 Å². The number of hydrazone groups is 1. The summed E-state index contributed by atoms with van der Waals surface area (Å²) >= 11 is 7.28. The molecular weight excluding hydrogens is 488 g/mol. The molecule has 1 N–H and O–H groups in total. The highest BCUT2D eigenvalue weighted by Gasteiger charge is 2.17. The largest absolute Gasteiger partial charge is 0.272 e. The molecule has 0 atom stereocenters. The van der Waals surface area contributed by atoms with Crippen LogP contribution < -0.4 is 5.43 Å². The lowest BCUT2D eigenvalue weighted by Gasteiger charge is -2.10. The van der Waals surface area contributed by atoms with Crippen molar-refractivity contribution in [1.82, 2.24) is 20.2 Å². The highest BCUT2D eigenvalue weighted by molar-refractivity contribution is 7.99. The molecule has 0 fully saturated rings. The van der Waals surface area contributed by atoms with Crippen LogP contribution in [0.3, 0.4) is 0 Å². The molecule has 4 aromatic rings. The molecule has 0 aliphatic carbocycles. The average molecular weight is 507 g/mol. The molecule has 1 heterocycles. The fraction of sp³-hybridized carbons (Fsp3) is 0.0833. The van der Waals surface area contributed by atoms with Crippen LogP contribution in [-0.2, 0) is 4.79 Å². The van der Waals surface area contributed by atoms with Crippen molar-refractivity contribution in [2.75, 3.05) is 5.75 Å². The van der Waals surface area contributed by atoms with Gasteiger partial charge < -0.3 is 0 Å². The Bertz CT molecular complexity index is 1370. The first-order valence-corrected chi connectivity index (χ1v) is 11.7. The topological polar surface area (TPSA) is 115 Å². The minimum Gasteiger partial charge on any atom is -0.272 e. The van der Waals surface area contributed by atoms with Crippen LogP contribution in [0, 0.1) is 17.0 Å². The summed E-state index contributed by atoms with van der Waals surface area (Å²) in [7, 11) is 0. The zero-order chi connectivity index (χ0) is 24.8. The minimum atomic E-state index is -0.479. The Morgan fingerprint density at radius 2 is 1.77 bits per heavy atom. The fourth-order valence-corrected chi connectivity index (χ4v) is 3.97. The molecule has 0 spiro atoms. The third kappa shape index (κ3) is 6.11. The van der Waals surface area contributed by atoms with Crippen molar-refractivity contribution >= 4 is 41.2 Å². The van der Waals surface area contributed by atoms with E-state index >= 15 is 0 Å².